The monoisotopic (exact) mass is 380 g/mol. The summed E-state index contributed by atoms with van der Waals surface area (Å²) in [6.45, 7) is 0. The smallest absolute Gasteiger partial charge is 0.374 e. The van der Waals surface area contributed by atoms with Crippen molar-refractivity contribution in [2.75, 3.05) is 14.2 Å². The van der Waals surface area contributed by atoms with Gasteiger partial charge in [0.25, 0.3) is 0 Å². The van der Waals surface area contributed by atoms with Crippen LogP contribution in [0.5, 0.6) is 11.5 Å². The van der Waals surface area contributed by atoms with Gasteiger partial charge in [0.2, 0.25) is 16.9 Å². The fraction of sp³-hybridized carbons (Fsp3) is 0.182. The van der Waals surface area contributed by atoms with Gasteiger partial charge in [-0.05, 0) is 35.2 Å². The Morgan fingerprint density at radius 2 is 1.57 bits per heavy atom. The normalized spacial score (nSPS) is 10.5. The molecule has 0 atom stereocenters. The summed E-state index contributed by atoms with van der Waals surface area (Å²) >= 11 is 0. The highest BCUT2D eigenvalue weighted by molar-refractivity contribution is 5.86. The lowest BCUT2D eigenvalue weighted by atomic mass is 10.0. The molecule has 6 nitrogen and oxygen atoms in total. The molecule has 6 heteroatoms. The van der Waals surface area contributed by atoms with Gasteiger partial charge in [0.15, 0.2) is 5.76 Å². The molecule has 0 aliphatic rings. The maximum absolute atomic E-state index is 11.8. The van der Waals surface area contributed by atoms with Crippen molar-refractivity contribution < 1.29 is 23.8 Å². The first-order valence-corrected chi connectivity index (χ1v) is 8.69. The molecule has 0 fully saturated rings. The summed E-state index contributed by atoms with van der Waals surface area (Å²) in [7, 11) is 2.82. The van der Waals surface area contributed by atoms with Crippen LogP contribution >= 0.6 is 0 Å². The van der Waals surface area contributed by atoms with Crippen molar-refractivity contribution in [1.82, 2.24) is 0 Å². The molecule has 0 aliphatic carbocycles. The highest BCUT2D eigenvalue weighted by Gasteiger charge is 2.16. The van der Waals surface area contributed by atoms with Crippen molar-refractivity contribution in [1.29, 1.82) is 0 Å². The van der Waals surface area contributed by atoms with Gasteiger partial charge in [-0.1, -0.05) is 36.4 Å². The van der Waals surface area contributed by atoms with Crippen LogP contribution in [0.25, 0.3) is 11.1 Å². The second-order valence-electron chi connectivity index (χ2n) is 6.16. The molecule has 3 aromatic rings. The van der Waals surface area contributed by atoms with Gasteiger partial charge in [0.05, 0.1) is 14.2 Å². The molecular weight excluding hydrogens is 360 g/mol. The first-order valence-electron chi connectivity index (χ1n) is 8.69. The van der Waals surface area contributed by atoms with E-state index in [1.807, 2.05) is 48.5 Å². The summed E-state index contributed by atoms with van der Waals surface area (Å²) in [6, 6.07) is 16.6. The Labute approximate surface area is 162 Å². The topological polar surface area (TPSA) is 86.0 Å². The predicted molar refractivity (Wildman–Crippen MR) is 104 cm³/mol. The number of methoxy groups -OCH3 is 2. The van der Waals surface area contributed by atoms with Gasteiger partial charge in [-0.15, -0.1) is 0 Å². The zero-order valence-corrected chi connectivity index (χ0v) is 15.6. The molecule has 0 spiro atoms. The predicted octanol–water partition coefficient (Wildman–Crippen LogP) is 3.59. The van der Waals surface area contributed by atoms with Crippen molar-refractivity contribution in [2.45, 2.75) is 12.8 Å². The Kier molecular flexibility index (Phi) is 5.79. The summed E-state index contributed by atoms with van der Waals surface area (Å²) in [6.07, 6.45) is 0.803. The van der Waals surface area contributed by atoms with E-state index in [-0.39, 0.29) is 17.9 Å². The number of hydrogen-bond acceptors (Lipinski definition) is 6. The molecule has 0 amide bonds. The van der Waals surface area contributed by atoms with Gasteiger partial charge >= 0.3 is 5.97 Å². The standard InChI is InChI=1S/C22H20O6/c1-26-17-10-8-16(9-11-17)15-6-3-14(4-7-15)5-12-19-21(24)18(23)13-20(28-19)22(25)27-2/h3-4,6-11,13,24H,5,12H2,1-2H3. The molecule has 1 aromatic heterocycles. The number of ether oxygens (including phenoxy) is 2. The Balaban J connectivity index is 1.73. The van der Waals surface area contributed by atoms with E-state index in [9.17, 15) is 14.7 Å². The molecule has 0 unspecified atom stereocenters. The van der Waals surface area contributed by atoms with Gasteiger partial charge in [-0.3, -0.25) is 4.79 Å². The highest BCUT2D eigenvalue weighted by Crippen LogP contribution is 2.23. The van der Waals surface area contributed by atoms with Crippen LogP contribution in [0.2, 0.25) is 0 Å². The quantitative estimate of drug-likeness (QED) is 0.658. The number of carbonyl (C=O) groups excluding carboxylic acids is 1. The number of aromatic hydroxyl groups is 1. The number of hydrogen-bond donors (Lipinski definition) is 1. The maximum Gasteiger partial charge on any atom is 0.374 e. The zero-order valence-electron chi connectivity index (χ0n) is 15.6. The van der Waals surface area contributed by atoms with E-state index in [2.05, 4.69) is 4.74 Å². The lowest BCUT2D eigenvalue weighted by Crippen LogP contribution is -2.10. The van der Waals surface area contributed by atoms with Gasteiger partial charge in [0.1, 0.15) is 5.75 Å². The van der Waals surface area contributed by atoms with E-state index in [4.69, 9.17) is 9.15 Å². The van der Waals surface area contributed by atoms with Crippen molar-refractivity contribution in [3.63, 3.8) is 0 Å². The fourth-order valence-electron chi connectivity index (χ4n) is 2.81. The van der Waals surface area contributed by atoms with E-state index in [0.717, 1.165) is 28.5 Å². The minimum absolute atomic E-state index is 0.0622. The first kappa shape index (κ1) is 19.2. The van der Waals surface area contributed by atoms with Crippen LogP contribution in [0.3, 0.4) is 0 Å². The van der Waals surface area contributed by atoms with Crippen LogP contribution in [0, 0.1) is 0 Å². The van der Waals surface area contributed by atoms with Crippen molar-refractivity contribution in [2.24, 2.45) is 0 Å². The van der Waals surface area contributed by atoms with Gasteiger partial charge in [0, 0.05) is 12.5 Å². The first-order chi connectivity index (χ1) is 13.5. The van der Waals surface area contributed by atoms with Gasteiger partial charge < -0.3 is 19.0 Å². The van der Waals surface area contributed by atoms with Crippen LogP contribution in [0.15, 0.2) is 63.8 Å². The summed E-state index contributed by atoms with van der Waals surface area (Å²) in [4.78, 5) is 23.4. The van der Waals surface area contributed by atoms with Crippen molar-refractivity contribution >= 4 is 5.97 Å². The van der Waals surface area contributed by atoms with Gasteiger partial charge in [-0.2, -0.15) is 0 Å². The second kappa shape index (κ2) is 8.43. The van der Waals surface area contributed by atoms with Crippen LogP contribution in [0.4, 0.5) is 0 Å². The maximum atomic E-state index is 11.8. The fourth-order valence-corrected chi connectivity index (χ4v) is 2.81. The second-order valence-corrected chi connectivity index (χ2v) is 6.16. The highest BCUT2D eigenvalue weighted by atomic mass is 16.5. The molecule has 1 N–H and O–H groups in total. The summed E-state index contributed by atoms with van der Waals surface area (Å²) in [5, 5.41) is 9.92. The number of carbonyl (C=O) groups is 1. The Morgan fingerprint density at radius 1 is 0.964 bits per heavy atom. The molecule has 3 rings (SSSR count). The van der Waals surface area contributed by atoms with Crippen molar-refractivity contribution in [3.8, 4) is 22.6 Å². The average Bonchev–Trinajstić information content (AvgIpc) is 2.74. The largest absolute Gasteiger partial charge is 0.502 e. The molecule has 0 aliphatic heterocycles. The van der Waals surface area contributed by atoms with E-state index in [1.54, 1.807) is 7.11 Å². The lowest BCUT2D eigenvalue weighted by Gasteiger charge is -2.07. The number of esters is 1. The van der Waals surface area contributed by atoms with E-state index >= 15 is 0 Å². The third-order valence-electron chi connectivity index (χ3n) is 4.40. The summed E-state index contributed by atoms with van der Waals surface area (Å²) in [5.74, 6) is -0.608. The Morgan fingerprint density at radius 3 is 2.14 bits per heavy atom. The molecule has 2 aromatic carbocycles. The third kappa shape index (κ3) is 4.23. The summed E-state index contributed by atoms with van der Waals surface area (Å²) < 4.78 is 15.1. The molecule has 1 heterocycles. The Bertz CT molecular complexity index is 1020. The number of aryl methyl sites for hydroxylation is 2. The van der Waals surface area contributed by atoms with Crippen LogP contribution in [-0.4, -0.2) is 25.3 Å². The van der Waals surface area contributed by atoms with E-state index in [0.29, 0.717) is 6.42 Å². The van der Waals surface area contributed by atoms with Crippen molar-refractivity contribution in [3.05, 3.63) is 81.9 Å². The zero-order chi connectivity index (χ0) is 20.1. The average molecular weight is 380 g/mol. The SMILES string of the molecule is COC(=O)c1cc(=O)c(O)c(CCc2ccc(-c3ccc(OC)cc3)cc2)o1. The molecule has 0 saturated heterocycles. The minimum atomic E-state index is -0.762. The van der Waals surface area contributed by atoms with Crippen LogP contribution < -0.4 is 10.2 Å². The number of benzene rings is 2. The summed E-state index contributed by atoms with van der Waals surface area (Å²) in [5.41, 5.74) is 2.47. The van der Waals surface area contributed by atoms with E-state index < -0.39 is 17.1 Å². The van der Waals surface area contributed by atoms with Crippen LogP contribution in [0.1, 0.15) is 21.9 Å². The molecular formula is C22H20O6. The molecule has 28 heavy (non-hydrogen) atoms. The van der Waals surface area contributed by atoms with Gasteiger partial charge in [-0.25, -0.2) is 4.79 Å². The minimum Gasteiger partial charge on any atom is -0.502 e. The Hall–Kier alpha value is -3.54. The molecule has 0 bridgehead atoms. The lowest BCUT2D eigenvalue weighted by molar-refractivity contribution is 0.0558. The number of rotatable bonds is 6. The molecule has 0 saturated carbocycles. The molecule has 0 radical (unpaired) electrons. The molecule has 144 valence electrons. The van der Waals surface area contributed by atoms with Crippen LogP contribution in [-0.2, 0) is 17.6 Å². The third-order valence-corrected chi connectivity index (χ3v) is 4.40. The van der Waals surface area contributed by atoms with E-state index in [1.165, 1.54) is 7.11 Å².